The number of phenols is 1. The minimum Gasteiger partial charge on any atom is -0.497 e. The van der Waals surface area contributed by atoms with Crippen LogP contribution in [0.15, 0.2) is 30.3 Å². The third-order valence-electron chi connectivity index (χ3n) is 3.21. The van der Waals surface area contributed by atoms with Gasteiger partial charge in [-0.3, -0.25) is 20.2 Å². The lowest BCUT2D eigenvalue weighted by atomic mass is 10.1. The number of pyridine rings is 1. The van der Waals surface area contributed by atoms with E-state index in [9.17, 15) is 25.3 Å². The molecule has 2 aromatic carbocycles. The monoisotopic (exact) mass is 319 g/mol. The van der Waals surface area contributed by atoms with Crippen LogP contribution in [0.5, 0.6) is 5.75 Å². The summed E-state index contributed by atoms with van der Waals surface area (Å²) in [4.78, 5) is 24.5. The number of benzene rings is 2. The van der Waals surface area contributed by atoms with Crippen molar-refractivity contribution in [1.29, 1.82) is 0 Å². The molecule has 3 aromatic rings. The second-order valence-electron chi connectivity index (χ2n) is 4.45. The van der Waals surface area contributed by atoms with Crippen molar-refractivity contribution in [2.45, 2.75) is 0 Å². The van der Waals surface area contributed by atoms with E-state index >= 15 is 0 Å². The van der Waals surface area contributed by atoms with Crippen LogP contribution >= 0.6 is 11.6 Å². The van der Waals surface area contributed by atoms with Gasteiger partial charge in [-0.2, -0.15) is 0 Å². The first-order valence-corrected chi connectivity index (χ1v) is 6.32. The second-order valence-corrected chi connectivity index (χ2v) is 4.83. The average Bonchev–Trinajstić information content (AvgIpc) is 2.45. The first-order valence-electron chi connectivity index (χ1n) is 5.94. The van der Waals surface area contributed by atoms with E-state index in [1.165, 1.54) is 6.07 Å². The number of hydrogen-bond donors (Lipinski definition) is 1. The maximum Gasteiger partial charge on any atom is 0.344 e. The van der Waals surface area contributed by atoms with Crippen LogP contribution in [-0.2, 0) is 0 Å². The quantitative estimate of drug-likeness (QED) is 0.438. The molecule has 0 bridgehead atoms. The van der Waals surface area contributed by atoms with Gasteiger partial charge in [0.2, 0.25) is 0 Å². The number of nitrogens with zero attached hydrogens (tertiary/aromatic N) is 3. The number of nitro groups is 2. The summed E-state index contributed by atoms with van der Waals surface area (Å²) < 4.78 is 0. The van der Waals surface area contributed by atoms with Crippen molar-refractivity contribution in [1.82, 2.24) is 4.98 Å². The summed E-state index contributed by atoms with van der Waals surface area (Å²) in [7, 11) is 0. The Morgan fingerprint density at radius 2 is 1.73 bits per heavy atom. The highest BCUT2D eigenvalue weighted by atomic mass is 35.5. The Kier molecular flexibility index (Phi) is 3.03. The highest BCUT2D eigenvalue weighted by Gasteiger charge is 2.34. The summed E-state index contributed by atoms with van der Waals surface area (Å²) in [5.74, 6) is -1.10. The molecule has 9 heteroatoms. The van der Waals surface area contributed by atoms with Crippen LogP contribution in [-0.4, -0.2) is 19.9 Å². The van der Waals surface area contributed by atoms with Crippen LogP contribution in [0.25, 0.3) is 21.8 Å². The van der Waals surface area contributed by atoms with Crippen molar-refractivity contribution in [2.24, 2.45) is 0 Å². The number of para-hydroxylation sites is 1. The molecule has 22 heavy (non-hydrogen) atoms. The maximum atomic E-state index is 11.2. The van der Waals surface area contributed by atoms with Gasteiger partial charge in [-0.05, 0) is 12.1 Å². The number of aromatic hydroxyl groups is 1. The van der Waals surface area contributed by atoms with Crippen LogP contribution in [0.3, 0.4) is 0 Å². The molecule has 0 spiro atoms. The fraction of sp³-hybridized carbons (Fsp3) is 0. The van der Waals surface area contributed by atoms with Gasteiger partial charge in [0.05, 0.1) is 15.4 Å². The smallest absolute Gasteiger partial charge is 0.344 e. The molecular formula is C13H6ClN3O5. The minimum absolute atomic E-state index is 0.0385. The third-order valence-corrected chi connectivity index (χ3v) is 3.59. The Labute approximate surface area is 126 Å². The van der Waals surface area contributed by atoms with Crippen LogP contribution in [0.2, 0.25) is 5.02 Å². The zero-order chi connectivity index (χ0) is 16.0. The Bertz CT molecular complexity index is 973. The Hall–Kier alpha value is -3.00. The predicted molar refractivity (Wildman–Crippen MR) is 79.2 cm³/mol. The number of hydrogen-bond acceptors (Lipinski definition) is 6. The van der Waals surface area contributed by atoms with Crippen molar-refractivity contribution < 1.29 is 15.0 Å². The topological polar surface area (TPSA) is 119 Å². The number of aromatic nitrogens is 1. The molecule has 0 aliphatic carbocycles. The Balaban J connectivity index is 2.61. The number of nitro benzene ring substituents is 2. The lowest BCUT2D eigenvalue weighted by molar-refractivity contribution is -0.394. The van der Waals surface area contributed by atoms with E-state index in [1.807, 2.05) is 0 Å². The van der Waals surface area contributed by atoms with Gasteiger partial charge in [-0.1, -0.05) is 29.8 Å². The van der Waals surface area contributed by atoms with Gasteiger partial charge >= 0.3 is 11.4 Å². The molecule has 0 amide bonds. The third kappa shape index (κ3) is 1.89. The molecule has 0 unspecified atom stereocenters. The van der Waals surface area contributed by atoms with Gasteiger partial charge in [-0.15, -0.1) is 0 Å². The van der Waals surface area contributed by atoms with Crippen LogP contribution < -0.4 is 0 Å². The molecule has 1 N–H and O–H groups in total. The van der Waals surface area contributed by atoms with Gasteiger partial charge in [0.1, 0.15) is 5.02 Å². The number of halogens is 1. The number of rotatable bonds is 2. The van der Waals surface area contributed by atoms with Crippen LogP contribution in [0, 0.1) is 20.2 Å². The summed E-state index contributed by atoms with van der Waals surface area (Å²) >= 11 is 5.95. The van der Waals surface area contributed by atoms with Crippen LogP contribution in [0.1, 0.15) is 0 Å². The summed E-state index contributed by atoms with van der Waals surface area (Å²) in [5.41, 5.74) is -1.49. The molecule has 8 nitrogen and oxygen atoms in total. The lowest BCUT2D eigenvalue weighted by Crippen LogP contribution is -1.98. The molecule has 0 fully saturated rings. The zero-order valence-corrected chi connectivity index (χ0v) is 11.4. The molecule has 3 rings (SSSR count). The van der Waals surface area contributed by atoms with Crippen molar-refractivity contribution >= 4 is 44.8 Å². The van der Waals surface area contributed by atoms with Gasteiger partial charge < -0.3 is 5.11 Å². The highest BCUT2D eigenvalue weighted by Crippen LogP contribution is 2.47. The largest absolute Gasteiger partial charge is 0.497 e. The molecule has 0 radical (unpaired) electrons. The molecular weight excluding hydrogens is 314 g/mol. The molecule has 0 saturated carbocycles. The minimum atomic E-state index is -1.10. The average molecular weight is 320 g/mol. The summed E-state index contributed by atoms with van der Waals surface area (Å²) in [5, 5.41) is 32.4. The molecule has 1 aromatic heterocycles. The number of phenolic OH excluding ortho intramolecular Hbond substituents is 1. The van der Waals surface area contributed by atoms with E-state index < -0.39 is 27.0 Å². The van der Waals surface area contributed by atoms with E-state index in [-0.39, 0.29) is 15.9 Å². The molecule has 1 heterocycles. The number of fused-ring (bicyclic) bond motifs is 2. The van der Waals surface area contributed by atoms with E-state index in [1.54, 1.807) is 24.3 Å². The van der Waals surface area contributed by atoms with Gasteiger partial charge in [0, 0.05) is 10.8 Å². The molecule has 0 atom stereocenters. The van der Waals surface area contributed by atoms with E-state index in [0.717, 1.165) is 0 Å². The first kappa shape index (κ1) is 14.0. The van der Waals surface area contributed by atoms with Crippen molar-refractivity contribution in [3.63, 3.8) is 0 Å². The van der Waals surface area contributed by atoms with E-state index in [4.69, 9.17) is 11.6 Å². The predicted octanol–water partition coefficient (Wildman–Crippen LogP) is 3.56. The van der Waals surface area contributed by atoms with Gasteiger partial charge in [0.15, 0.2) is 5.52 Å². The highest BCUT2D eigenvalue weighted by molar-refractivity contribution is 6.38. The molecule has 0 aliphatic rings. The summed E-state index contributed by atoms with van der Waals surface area (Å²) in [6.07, 6.45) is 0. The lowest BCUT2D eigenvalue weighted by Gasteiger charge is -2.07. The molecule has 110 valence electrons. The Morgan fingerprint density at radius 1 is 1.09 bits per heavy atom. The van der Waals surface area contributed by atoms with Gasteiger partial charge in [0.25, 0.3) is 5.75 Å². The van der Waals surface area contributed by atoms with Crippen molar-refractivity contribution in [2.75, 3.05) is 0 Å². The van der Waals surface area contributed by atoms with Crippen LogP contribution in [0.4, 0.5) is 11.4 Å². The fourth-order valence-electron chi connectivity index (χ4n) is 2.26. The van der Waals surface area contributed by atoms with E-state index in [2.05, 4.69) is 4.98 Å². The zero-order valence-electron chi connectivity index (χ0n) is 10.7. The molecule has 0 saturated heterocycles. The fourth-order valence-corrected chi connectivity index (χ4v) is 2.56. The van der Waals surface area contributed by atoms with Crippen molar-refractivity contribution in [3.8, 4) is 5.75 Å². The first-order chi connectivity index (χ1) is 10.4. The SMILES string of the molecule is O=[N+]([O-])c1c(O)c([N+](=O)[O-])c2nc3ccccc3cc2c1Cl. The maximum absolute atomic E-state index is 11.2. The normalized spacial score (nSPS) is 11.0. The standard InChI is InChI=1S/C13H6ClN3O5/c14-9-7-5-6-3-1-2-4-8(6)15-10(7)12(17(21)22)13(18)11(9)16(19)20/h1-5,18H. The van der Waals surface area contributed by atoms with E-state index in [0.29, 0.717) is 10.9 Å². The Morgan fingerprint density at radius 3 is 2.36 bits per heavy atom. The summed E-state index contributed by atoms with van der Waals surface area (Å²) in [6.45, 7) is 0. The molecule has 0 aliphatic heterocycles. The van der Waals surface area contributed by atoms with Gasteiger partial charge in [-0.25, -0.2) is 4.98 Å². The second kappa shape index (κ2) is 4.78. The van der Waals surface area contributed by atoms with Crippen molar-refractivity contribution in [3.05, 3.63) is 55.6 Å². The summed E-state index contributed by atoms with van der Waals surface area (Å²) in [6, 6.07) is 8.22.